The molecule has 2 aromatic heterocycles. The Morgan fingerprint density at radius 1 is 1.22 bits per heavy atom. The molecule has 27 heavy (non-hydrogen) atoms. The largest absolute Gasteiger partial charge is 0.322 e. The molecule has 2 amide bonds. The van der Waals surface area contributed by atoms with Crippen molar-refractivity contribution in [2.24, 2.45) is 0 Å². The molecule has 2 N–H and O–H groups in total. The highest BCUT2D eigenvalue weighted by Crippen LogP contribution is 2.20. The summed E-state index contributed by atoms with van der Waals surface area (Å²) in [6.07, 6.45) is 3.77. The van der Waals surface area contributed by atoms with Crippen LogP contribution in [0.3, 0.4) is 0 Å². The quantitative estimate of drug-likeness (QED) is 0.694. The molecule has 7 nitrogen and oxygen atoms in total. The topological polar surface area (TPSA) is 92.6 Å². The van der Waals surface area contributed by atoms with Crippen LogP contribution in [-0.2, 0) is 4.79 Å². The van der Waals surface area contributed by atoms with Gasteiger partial charge in [0, 0.05) is 18.1 Å². The molecule has 0 aliphatic carbocycles. The lowest BCUT2D eigenvalue weighted by Gasteiger charge is -2.09. The van der Waals surface area contributed by atoms with Gasteiger partial charge in [-0.15, -0.1) is 0 Å². The number of nitrogens with zero attached hydrogens (tertiary/aromatic N) is 2. The van der Waals surface area contributed by atoms with E-state index in [0.29, 0.717) is 5.65 Å². The van der Waals surface area contributed by atoms with Crippen LogP contribution in [0.4, 0.5) is 15.8 Å². The van der Waals surface area contributed by atoms with Crippen molar-refractivity contribution < 1.29 is 14.0 Å². The van der Waals surface area contributed by atoms with E-state index in [9.17, 15) is 18.8 Å². The van der Waals surface area contributed by atoms with E-state index in [1.54, 1.807) is 18.3 Å². The van der Waals surface area contributed by atoms with Crippen molar-refractivity contribution in [2.75, 3.05) is 10.6 Å². The van der Waals surface area contributed by atoms with Gasteiger partial charge in [-0.3, -0.25) is 18.8 Å². The molecule has 136 valence electrons. The fourth-order valence-corrected chi connectivity index (χ4v) is 2.42. The average molecular weight is 366 g/mol. The normalized spacial score (nSPS) is 10.4. The zero-order valence-corrected chi connectivity index (χ0v) is 14.3. The van der Waals surface area contributed by atoms with Gasteiger partial charge in [0.1, 0.15) is 17.0 Å². The first-order chi connectivity index (χ1) is 12.9. The number of aromatic nitrogens is 2. The third-order valence-corrected chi connectivity index (χ3v) is 3.76. The predicted molar refractivity (Wildman–Crippen MR) is 99.4 cm³/mol. The lowest BCUT2D eigenvalue weighted by molar-refractivity contribution is -0.111. The molecule has 0 atom stereocenters. The number of aryl methyl sites for hydroxylation is 1. The first-order valence-corrected chi connectivity index (χ1v) is 7.91. The maximum Gasteiger partial charge on any atom is 0.270 e. The minimum Gasteiger partial charge on any atom is -0.322 e. The monoisotopic (exact) mass is 366 g/mol. The fraction of sp³-hybridized carbons (Fsp3) is 0.0526. The minimum absolute atomic E-state index is 0.123. The Labute approximate surface area is 153 Å². The number of carbonyl (C=O) groups excluding carboxylic acids is 2. The Morgan fingerprint density at radius 3 is 2.74 bits per heavy atom. The number of pyridine rings is 1. The zero-order valence-electron chi connectivity index (χ0n) is 14.3. The second-order valence-corrected chi connectivity index (χ2v) is 5.75. The smallest absolute Gasteiger partial charge is 0.270 e. The summed E-state index contributed by atoms with van der Waals surface area (Å²) in [5.41, 5.74) is 0.641. The number of hydrogen-bond donors (Lipinski definition) is 2. The molecule has 8 heteroatoms. The summed E-state index contributed by atoms with van der Waals surface area (Å²) >= 11 is 0. The van der Waals surface area contributed by atoms with Crippen molar-refractivity contribution in [3.8, 4) is 0 Å². The molecule has 0 spiro atoms. The molecule has 0 aliphatic rings. The Balaban J connectivity index is 1.92. The van der Waals surface area contributed by atoms with Crippen LogP contribution in [-0.4, -0.2) is 21.2 Å². The number of rotatable bonds is 4. The number of amides is 2. The van der Waals surface area contributed by atoms with Crippen LogP contribution in [0, 0.1) is 12.7 Å². The highest BCUT2D eigenvalue weighted by Gasteiger charge is 2.15. The van der Waals surface area contributed by atoms with Crippen molar-refractivity contribution in [2.45, 2.75) is 6.92 Å². The number of benzene rings is 1. The maximum absolute atomic E-state index is 13.8. The summed E-state index contributed by atoms with van der Waals surface area (Å²) in [7, 11) is 0. The van der Waals surface area contributed by atoms with Crippen LogP contribution < -0.4 is 16.2 Å². The summed E-state index contributed by atoms with van der Waals surface area (Å²) < 4.78 is 15.1. The highest BCUT2D eigenvalue weighted by atomic mass is 19.1. The lowest BCUT2D eigenvalue weighted by atomic mass is 10.2. The van der Waals surface area contributed by atoms with Crippen LogP contribution >= 0.6 is 0 Å². The lowest BCUT2D eigenvalue weighted by Crippen LogP contribution is -2.26. The second kappa shape index (κ2) is 7.20. The van der Waals surface area contributed by atoms with Gasteiger partial charge in [-0.1, -0.05) is 12.6 Å². The summed E-state index contributed by atoms with van der Waals surface area (Å²) in [5.74, 6) is -1.97. The summed E-state index contributed by atoms with van der Waals surface area (Å²) in [4.78, 5) is 40.5. The van der Waals surface area contributed by atoms with Crippen molar-refractivity contribution in [3.63, 3.8) is 0 Å². The number of hydrogen-bond acceptors (Lipinski definition) is 4. The molecule has 3 aromatic rings. The Hall–Kier alpha value is -3.81. The predicted octanol–water partition coefficient (Wildman–Crippen LogP) is 2.52. The third-order valence-electron chi connectivity index (χ3n) is 3.76. The van der Waals surface area contributed by atoms with Gasteiger partial charge in [0.25, 0.3) is 11.5 Å². The average Bonchev–Trinajstić information content (AvgIpc) is 2.65. The molecule has 0 bridgehead atoms. The van der Waals surface area contributed by atoms with Crippen LogP contribution in [0.2, 0.25) is 0 Å². The van der Waals surface area contributed by atoms with Gasteiger partial charge in [-0.05, 0) is 42.8 Å². The molecule has 0 unspecified atom stereocenters. The first kappa shape index (κ1) is 18.0. The SMILES string of the molecule is C=CC(=O)Nc1cc(NC(=O)c2cnc3ccc(C)cn3c2=O)ccc1F. The fourth-order valence-electron chi connectivity index (χ4n) is 2.42. The number of halogens is 1. The van der Waals surface area contributed by atoms with Gasteiger partial charge in [0.2, 0.25) is 5.91 Å². The number of nitrogens with one attached hydrogen (secondary N) is 2. The third kappa shape index (κ3) is 3.74. The summed E-state index contributed by atoms with van der Waals surface area (Å²) in [6.45, 7) is 5.11. The van der Waals surface area contributed by atoms with Crippen molar-refractivity contribution in [1.82, 2.24) is 9.38 Å². The van der Waals surface area contributed by atoms with Crippen LogP contribution in [0.25, 0.3) is 5.65 Å². The first-order valence-electron chi connectivity index (χ1n) is 7.91. The molecule has 0 saturated carbocycles. The van der Waals surface area contributed by atoms with Crippen LogP contribution in [0.15, 0.2) is 60.2 Å². The molecule has 0 radical (unpaired) electrons. The van der Waals surface area contributed by atoms with Gasteiger partial charge in [0.05, 0.1) is 5.69 Å². The van der Waals surface area contributed by atoms with E-state index in [2.05, 4.69) is 22.2 Å². The van der Waals surface area contributed by atoms with Gasteiger partial charge >= 0.3 is 0 Å². The zero-order chi connectivity index (χ0) is 19.6. The van der Waals surface area contributed by atoms with Crippen LogP contribution in [0.1, 0.15) is 15.9 Å². The minimum atomic E-state index is -0.698. The van der Waals surface area contributed by atoms with E-state index >= 15 is 0 Å². The van der Waals surface area contributed by atoms with Gasteiger partial charge in [0.15, 0.2) is 0 Å². The summed E-state index contributed by atoms with van der Waals surface area (Å²) in [6, 6.07) is 7.12. The standard InChI is InChI=1S/C19H15FN4O3/c1-3-17(25)23-15-8-12(5-6-14(15)20)22-18(26)13-9-21-16-7-4-11(2)10-24(16)19(13)27/h3-10H,1H2,2H3,(H,22,26)(H,23,25). The molecular formula is C19H15FN4O3. The molecular weight excluding hydrogens is 351 g/mol. The Morgan fingerprint density at radius 2 is 2.00 bits per heavy atom. The van der Waals surface area contributed by atoms with Crippen molar-refractivity contribution in [1.29, 1.82) is 0 Å². The number of fused-ring (bicyclic) bond motifs is 1. The highest BCUT2D eigenvalue weighted by molar-refractivity contribution is 6.04. The molecule has 3 rings (SSSR count). The van der Waals surface area contributed by atoms with E-state index in [4.69, 9.17) is 0 Å². The van der Waals surface area contributed by atoms with Gasteiger partial charge in [-0.2, -0.15) is 0 Å². The van der Waals surface area contributed by atoms with Crippen molar-refractivity contribution >= 4 is 28.8 Å². The molecule has 0 aliphatic heterocycles. The molecule has 0 fully saturated rings. The molecule has 2 heterocycles. The van der Waals surface area contributed by atoms with E-state index in [-0.39, 0.29) is 16.9 Å². The molecule has 1 aromatic carbocycles. The van der Waals surface area contributed by atoms with E-state index in [0.717, 1.165) is 17.7 Å². The van der Waals surface area contributed by atoms with Gasteiger partial charge in [-0.25, -0.2) is 9.37 Å². The van der Waals surface area contributed by atoms with Crippen LogP contribution in [0.5, 0.6) is 0 Å². The van der Waals surface area contributed by atoms with E-state index < -0.39 is 23.2 Å². The maximum atomic E-state index is 13.8. The number of anilines is 2. The molecule has 0 saturated heterocycles. The summed E-state index contributed by atoms with van der Waals surface area (Å²) in [5, 5.41) is 4.79. The Bertz CT molecular complexity index is 1140. The van der Waals surface area contributed by atoms with E-state index in [1.807, 2.05) is 6.92 Å². The van der Waals surface area contributed by atoms with Gasteiger partial charge < -0.3 is 10.6 Å². The Kier molecular flexibility index (Phi) is 4.80. The van der Waals surface area contributed by atoms with E-state index in [1.165, 1.54) is 22.7 Å². The number of carbonyl (C=O) groups is 2. The van der Waals surface area contributed by atoms with Crippen molar-refractivity contribution in [3.05, 3.63) is 82.7 Å². The second-order valence-electron chi connectivity index (χ2n) is 5.75.